The molecule has 3 unspecified atom stereocenters. The van der Waals surface area contributed by atoms with Crippen LogP contribution < -0.4 is 10.1 Å². The monoisotopic (exact) mass is 239 g/mol. The fourth-order valence-corrected chi connectivity index (χ4v) is 3.51. The Morgan fingerprint density at radius 1 is 1.56 bits per heavy atom. The Morgan fingerprint density at radius 2 is 2.50 bits per heavy atom. The number of rotatable bonds is 4. The third-order valence-corrected chi connectivity index (χ3v) is 4.46. The lowest BCUT2D eigenvalue weighted by atomic mass is 9.95. The zero-order valence-electron chi connectivity index (χ0n) is 9.44. The van der Waals surface area contributed by atoms with Crippen molar-refractivity contribution in [3.8, 4) is 5.75 Å². The molecule has 0 saturated carbocycles. The summed E-state index contributed by atoms with van der Waals surface area (Å²) in [6.45, 7) is 0.901. The maximum atomic E-state index is 5.82. The molecule has 4 heteroatoms. The van der Waals surface area contributed by atoms with Crippen LogP contribution in [0.25, 0.3) is 0 Å². The summed E-state index contributed by atoms with van der Waals surface area (Å²) in [5.41, 5.74) is 0. The van der Waals surface area contributed by atoms with Gasteiger partial charge in [-0.25, -0.2) is 0 Å². The molecule has 0 amide bonds. The Hall–Kier alpha value is -0.580. The Kier molecular flexibility index (Phi) is 2.88. The number of nitrogens with one attached hydrogen (secondary N) is 1. The summed E-state index contributed by atoms with van der Waals surface area (Å²) in [5.74, 6) is 1.00. The van der Waals surface area contributed by atoms with Gasteiger partial charge in [0.15, 0.2) is 0 Å². The van der Waals surface area contributed by atoms with Crippen molar-refractivity contribution in [2.24, 2.45) is 0 Å². The quantitative estimate of drug-likeness (QED) is 0.873. The molecule has 1 N–H and O–H groups in total. The second-order valence-corrected chi connectivity index (χ2v) is 5.51. The van der Waals surface area contributed by atoms with Crippen LogP contribution in [0.1, 0.15) is 24.1 Å². The van der Waals surface area contributed by atoms with Crippen LogP contribution in [-0.4, -0.2) is 25.4 Å². The molecular formula is C12H17NO2S. The van der Waals surface area contributed by atoms with Crippen LogP contribution in [0.4, 0.5) is 0 Å². The highest BCUT2D eigenvalue weighted by Crippen LogP contribution is 2.35. The van der Waals surface area contributed by atoms with E-state index >= 15 is 0 Å². The first-order valence-corrected chi connectivity index (χ1v) is 6.74. The first kappa shape index (κ1) is 10.6. The Bertz CT molecular complexity index is 366. The van der Waals surface area contributed by atoms with Crippen LogP contribution in [0.15, 0.2) is 11.4 Å². The minimum Gasteiger partial charge on any atom is -0.496 e. The van der Waals surface area contributed by atoms with Gasteiger partial charge in [-0.05, 0) is 30.7 Å². The number of fused-ring (bicyclic) bond motifs is 2. The van der Waals surface area contributed by atoms with E-state index in [0.29, 0.717) is 18.2 Å². The first-order valence-electron chi connectivity index (χ1n) is 5.86. The lowest BCUT2D eigenvalue weighted by molar-refractivity contribution is 0.0973. The standard InChI is InChI=1S/C12H17NO2S/c1-14-11-4-5-16-12(11)7-13-9-6-8-2-3-10(9)15-8/h4-5,8-10,13H,2-3,6-7H2,1H3. The maximum absolute atomic E-state index is 5.82. The molecule has 0 spiro atoms. The van der Waals surface area contributed by atoms with Crippen molar-refractivity contribution in [3.05, 3.63) is 16.3 Å². The van der Waals surface area contributed by atoms with E-state index in [-0.39, 0.29) is 0 Å². The molecule has 1 aromatic rings. The van der Waals surface area contributed by atoms with Gasteiger partial charge in [-0.1, -0.05) is 0 Å². The van der Waals surface area contributed by atoms with E-state index in [1.54, 1.807) is 18.4 Å². The van der Waals surface area contributed by atoms with Crippen molar-refractivity contribution < 1.29 is 9.47 Å². The molecule has 2 bridgehead atoms. The summed E-state index contributed by atoms with van der Waals surface area (Å²) in [7, 11) is 1.73. The number of thiophene rings is 1. The Labute approximate surface area is 99.8 Å². The van der Waals surface area contributed by atoms with E-state index in [9.17, 15) is 0 Å². The summed E-state index contributed by atoms with van der Waals surface area (Å²) in [5, 5.41) is 5.67. The van der Waals surface area contributed by atoms with Gasteiger partial charge in [0.05, 0.1) is 24.2 Å². The number of hydrogen-bond donors (Lipinski definition) is 1. The SMILES string of the molecule is COc1ccsc1CNC1CC2CCC1O2. The lowest BCUT2D eigenvalue weighted by Crippen LogP contribution is -2.36. The van der Waals surface area contributed by atoms with Crippen LogP contribution in [0.5, 0.6) is 5.75 Å². The van der Waals surface area contributed by atoms with Crippen molar-refractivity contribution in [1.82, 2.24) is 5.32 Å². The topological polar surface area (TPSA) is 30.5 Å². The smallest absolute Gasteiger partial charge is 0.134 e. The third-order valence-electron chi connectivity index (χ3n) is 3.56. The van der Waals surface area contributed by atoms with E-state index in [2.05, 4.69) is 10.7 Å². The molecule has 1 aromatic heterocycles. The lowest BCUT2D eigenvalue weighted by Gasteiger charge is -2.19. The molecule has 2 fully saturated rings. The molecule has 3 heterocycles. The second kappa shape index (κ2) is 4.35. The van der Waals surface area contributed by atoms with Gasteiger partial charge in [-0.3, -0.25) is 0 Å². The fraction of sp³-hybridized carbons (Fsp3) is 0.667. The van der Waals surface area contributed by atoms with Gasteiger partial charge in [0.1, 0.15) is 5.75 Å². The number of ether oxygens (including phenoxy) is 2. The molecule has 3 nitrogen and oxygen atoms in total. The van der Waals surface area contributed by atoms with Crippen molar-refractivity contribution in [2.45, 2.75) is 44.1 Å². The van der Waals surface area contributed by atoms with E-state index < -0.39 is 0 Å². The Balaban J connectivity index is 1.57. The van der Waals surface area contributed by atoms with Crippen molar-refractivity contribution >= 4 is 11.3 Å². The highest BCUT2D eigenvalue weighted by molar-refractivity contribution is 7.10. The molecule has 2 saturated heterocycles. The molecule has 16 heavy (non-hydrogen) atoms. The predicted molar refractivity (Wildman–Crippen MR) is 64.0 cm³/mol. The molecule has 0 radical (unpaired) electrons. The second-order valence-electron chi connectivity index (χ2n) is 4.51. The average molecular weight is 239 g/mol. The highest BCUT2D eigenvalue weighted by atomic mass is 32.1. The predicted octanol–water partition coefficient (Wildman–Crippen LogP) is 2.17. The summed E-state index contributed by atoms with van der Waals surface area (Å²) in [6, 6.07) is 2.57. The number of methoxy groups -OCH3 is 1. The fourth-order valence-electron chi connectivity index (χ4n) is 2.72. The van der Waals surface area contributed by atoms with E-state index in [1.165, 1.54) is 24.1 Å². The summed E-state index contributed by atoms with van der Waals surface area (Å²) in [4.78, 5) is 1.28. The van der Waals surface area contributed by atoms with Crippen LogP contribution in [-0.2, 0) is 11.3 Å². The zero-order chi connectivity index (χ0) is 11.0. The van der Waals surface area contributed by atoms with Gasteiger partial charge < -0.3 is 14.8 Å². The van der Waals surface area contributed by atoms with E-state index in [0.717, 1.165) is 12.3 Å². The summed E-state index contributed by atoms with van der Waals surface area (Å²) in [6.07, 6.45) is 4.64. The molecule has 0 aromatic carbocycles. The molecule has 0 aliphatic carbocycles. The van der Waals surface area contributed by atoms with Crippen molar-refractivity contribution in [3.63, 3.8) is 0 Å². The number of hydrogen-bond acceptors (Lipinski definition) is 4. The normalized spacial score (nSPS) is 32.2. The average Bonchev–Trinajstić information content (AvgIpc) is 3.01. The Morgan fingerprint density at radius 3 is 3.19 bits per heavy atom. The van der Waals surface area contributed by atoms with E-state index in [4.69, 9.17) is 9.47 Å². The van der Waals surface area contributed by atoms with Gasteiger partial charge >= 0.3 is 0 Å². The van der Waals surface area contributed by atoms with Gasteiger partial charge in [0.2, 0.25) is 0 Å². The first-order chi connectivity index (χ1) is 7.86. The van der Waals surface area contributed by atoms with E-state index in [1.807, 2.05) is 6.07 Å². The van der Waals surface area contributed by atoms with Crippen LogP contribution in [0.3, 0.4) is 0 Å². The minimum atomic E-state index is 0.455. The molecule has 3 atom stereocenters. The van der Waals surface area contributed by atoms with Crippen molar-refractivity contribution in [1.29, 1.82) is 0 Å². The molecule has 2 aliphatic heterocycles. The summed E-state index contributed by atoms with van der Waals surface area (Å²) >= 11 is 1.75. The maximum Gasteiger partial charge on any atom is 0.134 e. The van der Waals surface area contributed by atoms with Gasteiger partial charge in [0.25, 0.3) is 0 Å². The van der Waals surface area contributed by atoms with Crippen molar-refractivity contribution in [2.75, 3.05) is 7.11 Å². The van der Waals surface area contributed by atoms with Gasteiger partial charge in [-0.2, -0.15) is 0 Å². The zero-order valence-corrected chi connectivity index (χ0v) is 10.3. The molecule has 88 valence electrons. The van der Waals surface area contributed by atoms with Crippen LogP contribution in [0, 0.1) is 0 Å². The largest absolute Gasteiger partial charge is 0.496 e. The van der Waals surface area contributed by atoms with Crippen LogP contribution >= 0.6 is 11.3 Å². The molecule has 2 aliphatic rings. The van der Waals surface area contributed by atoms with Crippen LogP contribution in [0.2, 0.25) is 0 Å². The van der Waals surface area contributed by atoms with Gasteiger partial charge in [0, 0.05) is 12.6 Å². The summed E-state index contributed by atoms with van der Waals surface area (Å²) < 4.78 is 11.1. The van der Waals surface area contributed by atoms with Gasteiger partial charge in [-0.15, -0.1) is 11.3 Å². The molecular weight excluding hydrogens is 222 g/mol. The molecule has 3 rings (SSSR count). The highest BCUT2D eigenvalue weighted by Gasteiger charge is 2.40. The third kappa shape index (κ3) is 1.85. The minimum absolute atomic E-state index is 0.455.